The highest BCUT2D eigenvalue weighted by Gasteiger charge is 2.38. The summed E-state index contributed by atoms with van der Waals surface area (Å²) in [5.41, 5.74) is 5.70. The van der Waals surface area contributed by atoms with Gasteiger partial charge in [-0.25, -0.2) is 9.59 Å². The van der Waals surface area contributed by atoms with Crippen molar-refractivity contribution in [2.45, 2.75) is 45.4 Å². The molecule has 0 saturated carbocycles. The van der Waals surface area contributed by atoms with Crippen molar-refractivity contribution in [3.63, 3.8) is 0 Å². The lowest BCUT2D eigenvalue weighted by molar-refractivity contribution is -0.140. The molecule has 9 nitrogen and oxygen atoms in total. The Kier molecular flexibility index (Phi) is 11.3. The first-order chi connectivity index (χ1) is 22.9. The lowest BCUT2D eigenvalue weighted by Crippen LogP contribution is -2.32. The minimum absolute atomic E-state index is 0.201. The molecule has 0 saturated heterocycles. The molecule has 2 aromatic heterocycles. The number of esters is 2. The zero-order chi connectivity index (χ0) is 33.0. The number of rotatable bonds is 13. The number of carbonyl (C=O) groups excluding carboxylic acids is 3. The summed E-state index contributed by atoms with van der Waals surface area (Å²) in [5.74, 6) is -2.08. The molecule has 2 N–H and O–H groups in total. The Bertz CT molecular complexity index is 1660. The van der Waals surface area contributed by atoms with Crippen LogP contribution in [0.3, 0.4) is 0 Å². The topological polar surface area (TPSA) is 120 Å². The summed E-state index contributed by atoms with van der Waals surface area (Å²) in [6, 6.07) is 23.8. The van der Waals surface area contributed by atoms with Crippen LogP contribution in [-0.4, -0.2) is 41.0 Å². The number of hydrogen-bond donors (Lipinski definition) is 2. The van der Waals surface area contributed by atoms with Gasteiger partial charge >= 0.3 is 11.9 Å². The monoisotopic (exact) mass is 630 g/mol. The lowest BCUT2D eigenvalue weighted by atomic mass is 9.80. The first-order valence-electron chi connectivity index (χ1n) is 15.7. The molecule has 2 aromatic carbocycles. The van der Waals surface area contributed by atoms with E-state index in [4.69, 9.17) is 9.47 Å². The van der Waals surface area contributed by atoms with E-state index < -0.39 is 17.9 Å². The van der Waals surface area contributed by atoms with Gasteiger partial charge in [0, 0.05) is 47.4 Å². The van der Waals surface area contributed by atoms with Crippen LogP contribution in [0, 0.1) is 0 Å². The molecule has 0 radical (unpaired) electrons. The Hall–Kier alpha value is -5.57. The van der Waals surface area contributed by atoms with Gasteiger partial charge in [0.15, 0.2) is 0 Å². The van der Waals surface area contributed by atoms with Crippen molar-refractivity contribution in [1.29, 1.82) is 0 Å². The Labute approximate surface area is 274 Å². The van der Waals surface area contributed by atoms with E-state index in [2.05, 4.69) is 20.6 Å². The number of benzene rings is 2. The van der Waals surface area contributed by atoms with E-state index in [1.165, 1.54) is 0 Å². The number of aryl methyl sites for hydroxylation is 2. The quantitative estimate of drug-likeness (QED) is 0.130. The first-order valence-corrected chi connectivity index (χ1v) is 15.7. The average Bonchev–Trinajstić information content (AvgIpc) is 3.09. The van der Waals surface area contributed by atoms with Crippen LogP contribution >= 0.6 is 0 Å². The number of ether oxygens (including phenoxy) is 2. The molecule has 1 amide bonds. The van der Waals surface area contributed by atoms with Crippen LogP contribution in [0.5, 0.6) is 0 Å². The highest BCUT2D eigenvalue weighted by Crippen LogP contribution is 2.39. The number of nitrogens with one attached hydrogen (secondary N) is 2. The molecule has 9 heteroatoms. The summed E-state index contributed by atoms with van der Waals surface area (Å²) in [4.78, 5) is 48.6. The third kappa shape index (κ3) is 8.79. The van der Waals surface area contributed by atoms with Gasteiger partial charge in [-0.1, -0.05) is 42.5 Å². The minimum atomic E-state index is -0.765. The number of nitrogens with zero attached hydrogens (tertiary/aromatic N) is 2. The standard InChI is InChI=1S/C38H38N4O5/c1-26-33(37(44)46-22-8-12-28-10-6-20-39-24-28)35(30-16-18-31(19-17-30)36(43)42-32-14-4-3-5-15-32)34(27(2)41-26)38(45)47-23-9-13-29-11-7-21-40-25-29/h3-7,10-11,14-21,24-25,35,41H,8-9,12-13,22-23H2,1-2H3,(H,42,43). The van der Waals surface area contributed by atoms with Crippen molar-refractivity contribution in [1.82, 2.24) is 15.3 Å². The third-order valence-corrected chi connectivity index (χ3v) is 7.87. The van der Waals surface area contributed by atoms with Gasteiger partial charge < -0.3 is 20.1 Å². The Balaban J connectivity index is 1.35. The maximum Gasteiger partial charge on any atom is 0.336 e. The molecule has 1 aliphatic heterocycles. The predicted molar refractivity (Wildman–Crippen MR) is 179 cm³/mol. The van der Waals surface area contributed by atoms with E-state index >= 15 is 0 Å². The maximum atomic E-state index is 13.7. The van der Waals surface area contributed by atoms with Crippen LogP contribution in [0.15, 0.2) is 126 Å². The number of allylic oxidation sites excluding steroid dienone is 2. The molecule has 240 valence electrons. The Morgan fingerprint density at radius 3 is 1.72 bits per heavy atom. The lowest BCUT2D eigenvalue weighted by Gasteiger charge is -2.30. The van der Waals surface area contributed by atoms with E-state index in [0.717, 1.165) is 11.1 Å². The van der Waals surface area contributed by atoms with Crippen molar-refractivity contribution in [2.24, 2.45) is 0 Å². The predicted octanol–water partition coefficient (Wildman–Crippen LogP) is 6.32. The molecular weight excluding hydrogens is 592 g/mol. The number of pyridine rings is 2. The summed E-state index contributed by atoms with van der Waals surface area (Å²) in [5, 5.41) is 6.09. The fraction of sp³-hybridized carbons (Fsp3) is 0.237. The number of amides is 1. The molecule has 0 atom stereocenters. The molecular formula is C38H38N4O5. The van der Waals surface area contributed by atoms with Crippen LogP contribution in [0.2, 0.25) is 0 Å². The van der Waals surface area contributed by atoms with Gasteiger partial charge in [0.1, 0.15) is 0 Å². The molecule has 3 heterocycles. The highest BCUT2D eigenvalue weighted by molar-refractivity contribution is 6.04. The molecule has 47 heavy (non-hydrogen) atoms. The van der Waals surface area contributed by atoms with Crippen molar-refractivity contribution >= 4 is 23.5 Å². The molecule has 1 aliphatic rings. The van der Waals surface area contributed by atoms with Crippen molar-refractivity contribution in [2.75, 3.05) is 18.5 Å². The van der Waals surface area contributed by atoms with Gasteiger partial charge in [0.25, 0.3) is 5.91 Å². The van der Waals surface area contributed by atoms with Gasteiger partial charge in [0.2, 0.25) is 0 Å². The van der Waals surface area contributed by atoms with E-state index in [0.29, 0.717) is 65.0 Å². The number of hydrogen-bond acceptors (Lipinski definition) is 8. The second-order valence-electron chi connectivity index (χ2n) is 11.3. The SMILES string of the molecule is CC1=C(C(=O)OCCCc2cccnc2)C(c2ccc(C(=O)Nc3ccccc3)cc2)C(C(=O)OCCCc2cccnc2)=C(C)N1. The highest BCUT2D eigenvalue weighted by atomic mass is 16.5. The fourth-order valence-corrected chi connectivity index (χ4v) is 5.55. The van der Waals surface area contributed by atoms with Gasteiger partial charge in [-0.2, -0.15) is 0 Å². The Morgan fingerprint density at radius 2 is 1.23 bits per heavy atom. The second kappa shape index (κ2) is 16.1. The summed E-state index contributed by atoms with van der Waals surface area (Å²) >= 11 is 0. The normalized spacial score (nSPS) is 13.1. The van der Waals surface area contributed by atoms with Crippen molar-refractivity contribution < 1.29 is 23.9 Å². The van der Waals surface area contributed by atoms with Gasteiger partial charge in [-0.05, 0) is 92.6 Å². The second-order valence-corrected chi connectivity index (χ2v) is 11.3. The molecule has 0 bridgehead atoms. The molecule has 4 aromatic rings. The first kappa shape index (κ1) is 32.8. The van der Waals surface area contributed by atoms with Crippen LogP contribution < -0.4 is 10.6 Å². The third-order valence-electron chi connectivity index (χ3n) is 7.87. The smallest absolute Gasteiger partial charge is 0.336 e. The largest absolute Gasteiger partial charge is 0.462 e. The van der Waals surface area contributed by atoms with Crippen LogP contribution in [-0.2, 0) is 31.9 Å². The molecule has 0 spiro atoms. The van der Waals surface area contributed by atoms with E-state index in [-0.39, 0.29) is 19.1 Å². The molecule has 0 aliphatic carbocycles. The maximum absolute atomic E-state index is 13.7. The van der Waals surface area contributed by atoms with Crippen LogP contribution in [0.4, 0.5) is 5.69 Å². The van der Waals surface area contributed by atoms with Crippen LogP contribution in [0.1, 0.15) is 59.7 Å². The number of aromatic nitrogens is 2. The van der Waals surface area contributed by atoms with E-state index in [1.54, 1.807) is 62.9 Å². The molecule has 0 fully saturated rings. The number of anilines is 1. The summed E-state index contributed by atoms with van der Waals surface area (Å²) in [6.45, 7) is 3.99. The minimum Gasteiger partial charge on any atom is -0.462 e. The van der Waals surface area contributed by atoms with Crippen molar-refractivity contribution in [3.8, 4) is 0 Å². The molecule has 0 unspecified atom stereocenters. The number of para-hydroxylation sites is 1. The fourth-order valence-electron chi connectivity index (χ4n) is 5.55. The number of dihydropyridines is 1. The van der Waals surface area contributed by atoms with Crippen LogP contribution in [0.25, 0.3) is 0 Å². The average molecular weight is 631 g/mol. The van der Waals surface area contributed by atoms with Gasteiger partial charge in [-0.3, -0.25) is 14.8 Å². The summed E-state index contributed by atoms with van der Waals surface area (Å²) < 4.78 is 11.5. The Morgan fingerprint density at radius 1 is 0.702 bits per heavy atom. The number of carbonyl (C=O) groups is 3. The van der Waals surface area contributed by atoms with Gasteiger partial charge in [-0.15, -0.1) is 0 Å². The van der Waals surface area contributed by atoms with E-state index in [9.17, 15) is 14.4 Å². The molecule has 5 rings (SSSR count). The summed E-state index contributed by atoms with van der Waals surface area (Å²) in [7, 11) is 0. The zero-order valence-corrected chi connectivity index (χ0v) is 26.6. The zero-order valence-electron chi connectivity index (χ0n) is 26.6. The van der Waals surface area contributed by atoms with E-state index in [1.807, 2.05) is 54.6 Å². The van der Waals surface area contributed by atoms with Gasteiger partial charge in [0.05, 0.1) is 30.3 Å². The summed E-state index contributed by atoms with van der Waals surface area (Å²) in [6.07, 6.45) is 9.68. The van der Waals surface area contributed by atoms with Crippen molar-refractivity contribution in [3.05, 3.63) is 148 Å².